The van der Waals surface area contributed by atoms with Crippen LogP contribution in [0.1, 0.15) is 44.8 Å². The molecule has 3 heterocycles. The molecule has 0 aliphatic carbocycles. The number of rotatable bonds is 5. The van der Waals surface area contributed by atoms with Crippen LogP contribution in [0, 0.1) is 55.4 Å². The Morgan fingerprint density at radius 2 is 0.982 bits per heavy atom. The highest BCUT2D eigenvalue weighted by Gasteiger charge is 2.27. The second-order valence-electron chi connectivity index (χ2n) is 16.4. The van der Waals surface area contributed by atoms with Crippen molar-refractivity contribution in [3.8, 4) is 56.2 Å². The van der Waals surface area contributed by atoms with Crippen LogP contribution in [0.25, 0.3) is 89.3 Å². The van der Waals surface area contributed by atoms with Crippen molar-refractivity contribution in [3.05, 3.63) is 136 Å². The first-order valence-corrected chi connectivity index (χ1v) is 19.9. The molecule has 0 radical (unpaired) electrons. The van der Waals surface area contributed by atoms with Gasteiger partial charge in [0.15, 0.2) is 11.0 Å². The van der Waals surface area contributed by atoms with Gasteiger partial charge in [0.1, 0.15) is 11.6 Å². The molecule has 57 heavy (non-hydrogen) atoms. The quantitative estimate of drug-likeness (QED) is 0.165. The molecule has 9 aromatic rings. The highest BCUT2D eigenvalue weighted by molar-refractivity contribution is 5.91. The Hall–Kier alpha value is -6.27. The summed E-state index contributed by atoms with van der Waals surface area (Å²) in [6.07, 6.45) is 0. The predicted molar refractivity (Wildman–Crippen MR) is 238 cm³/mol. The Balaban J connectivity index is 1.11. The molecule has 0 atom stereocenters. The second kappa shape index (κ2) is 13.2. The fourth-order valence-electron chi connectivity index (χ4n) is 9.82. The Morgan fingerprint density at radius 1 is 0.439 bits per heavy atom. The van der Waals surface area contributed by atoms with E-state index in [2.05, 4.69) is 193 Å². The lowest BCUT2D eigenvalue weighted by molar-refractivity contribution is -0.634. The zero-order valence-electron chi connectivity index (χ0n) is 35.3. The van der Waals surface area contributed by atoms with E-state index in [0.29, 0.717) is 0 Å². The third-order valence-electron chi connectivity index (χ3n) is 12.7. The van der Waals surface area contributed by atoms with Crippen molar-refractivity contribution in [3.63, 3.8) is 0 Å². The summed E-state index contributed by atoms with van der Waals surface area (Å²) in [6, 6.07) is 33.8. The van der Waals surface area contributed by atoms with Gasteiger partial charge in [-0.15, -0.1) is 0 Å². The first-order chi connectivity index (χ1) is 27.2. The van der Waals surface area contributed by atoms with Crippen LogP contribution in [0.5, 0.6) is 0 Å². The van der Waals surface area contributed by atoms with E-state index in [1.54, 1.807) is 0 Å². The van der Waals surface area contributed by atoms with E-state index in [1.165, 1.54) is 89.2 Å². The third kappa shape index (κ3) is 5.56. The van der Waals surface area contributed by atoms with Gasteiger partial charge in [0, 0.05) is 19.7 Å². The smallest absolute Gasteiger partial charge is 0.289 e. The van der Waals surface area contributed by atoms with Gasteiger partial charge < -0.3 is 9.13 Å². The van der Waals surface area contributed by atoms with E-state index in [0.717, 1.165) is 44.8 Å². The first-order valence-electron chi connectivity index (χ1n) is 19.9. The first kappa shape index (κ1) is 36.4. The predicted octanol–water partition coefficient (Wildman–Crippen LogP) is 11.6. The minimum absolute atomic E-state index is 0.987. The van der Waals surface area contributed by atoms with Crippen LogP contribution in [-0.2, 0) is 28.2 Å². The molecule has 0 amide bonds. The van der Waals surface area contributed by atoms with E-state index in [1.807, 2.05) is 0 Å². The summed E-state index contributed by atoms with van der Waals surface area (Å²) in [7, 11) is 8.60. The van der Waals surface area contributed by atoms with Crippen LogP contribution in [0.15, 0.2) is 91.0 Å². The van der Waals surface area contributed by atoms with Gasteiger partial charge in [-0.05, 0) is 164 Å². The summed E-state index contributed by atoms with van der Waals surface area (Å²) in [5.74, 6) is 3.22. The average Bonchev–Trinajstić information content (AvgIpc) is 3.74. The Morgan fingerprint density at radius 3 is 1.65 bits per heavy atom. The van der Waals surface area contributed by atoms with E-state index in [-0.39, 0.29) is 0 Å². The maximum atomic E-state index is 5.26. The number of imidazole rings is 3. The zero-order chi connectivity index (χ0) is 40.2. The number of hydrogen-bond acceptors (Lipinski definition) is 2. The molecule has 0 bridgehead atoms. The van der Waals surface area contributed by atoms with Crippen molar-refractivity contribution >= 4 is 33.1 Å². The highest BCUT2D eigenvalue weighted by atomic mass is 15.1. The van der Waals surface area contributed by atoms with Gasteiger partial charge in [-0.1, -0.05) is 54.6 Å². The van der Waals surface area contributed by atoms with Gasteiger partial charge in [0.25, 0.3) is 5.82 Å². The maximum Gasteiger partial charge on any atom is 0.289 e. The summed E-state index contributed by atoms with van der Waals surface area (Å²) < 4.78 is 9.10. The topological polar surface area (TPSA) is 44.5 Å². The minimum Gasteiger partial charge on any atom is -0.331 e. The van der Waals surface area contributed by atoms with Crippen LogP contribution in [0.3, 0.4) is 0 Å². The highest BCUT2D eigenvalue weighted by Crippen LogP contribution is 2.41. The van der Waals surface area contributed by atoms with Crippen LogP contribution in [-0.4, -0.2) is 23.7 Å². The van der Waals surface area contributed by atoms with E-state index in [9.17, 15) is 0 Å². The van der Waals surface area contributed by atoms with Crippen LogP contribution >= 0.6 is 0 Å². The normalized spacial score (nSPS) is 11.9. The molecule has 0 spiro atoms. The fourth-order valence-corrected chi connectivity index (χ4v) is 9.82. The number of hydrogen-bond donors (Lipinski definition) is 0. The number of aromatic nitrogens is 6. The largest absolute Gasteiger partial charge is 0.331 e. The van der Waals surface area contributed by atoms with E-state index >= 15 is 0 Å². The van der Waals surface area contributed by atoms with Gasteiger partial charge in [-0.3, -0.25) is 0 Å². The Labute approximate surface area is 335 Å². The molecule has 284 valence electrons. The Kier molecular flexibility index (Phi) is 8.40. The number of nitrogens with zero attached hydrogens (tertiary/aromatic N) is 6. The fraction of sp³-hybridized carbons (Fsp3) is 0.235. The zero-order valence-corrected chi connectivity index (χ0v) is 35.3. The standard InChI is InChI=1S/C51H51N6/c1-28-13-21-43-45(23-28)57(12)51(56(43)11)49-32(5)25-30(3)47(34(49)7)37-16-14-36(15-17-37)46-29(2)24-31(4)48(33(46)6)50-53-40-20-18-39(27-44(40)55(50)10)38-19-22-42-41(26-38)52-35(8)54(42)9/h13-27H,1-12H3/q+1. The minimum atomic E-state index is 0.987. The lowest BCUT2D eigenvalue weighted by Gasteiger charge is -2.19. The van der Waals surface area contributed by atoms with Gasteiger partial charge in [0.05, 0.1) is 41.7 Å². The molecule has 0 aliphatic rings. The van der Waals surface area contributed by atoms with Gasteiger partial charge in [-0.25, -0.2) is 19.1 Å². The SMILES string of the molecule is Cc1ccc2c(c1)[n+](C)c(-c1c(C)cc(C)c(-c3ccc(-c4c(C)cc(C)c(-c5nc6ccc(-c7ccc8c(c7)nc(C)n8C)cc6n5C)c4C)cc3)c1C)n2C. The lowest BCUT2D eigenvalue weighted by atomic mass is 9.86. The van der Waals surface area contributed by atoms with Crippen molar-refractivity contribution in [1.29, 1.82) is 0 Å². The Bertz CT molecular complexity index is 3130. The van der Waals surface area contributed by atoms with Gasteiger partial charge >= 0.3 is 0 Å². The summed E-state index contributed by atoms with van der Waals surface area (Å²) >= 11 is 0. The third-order valence-corrected chi connectivity index (χ3v) is 12.7. The molecule has 0 fully saturated rings. The molecule has 6 heteroatoms. The van der Waals surface area contributed by atoms with Crippen molar-refractivity contribution in [2.75, 3.05) is 0 Å². The van der Waals surface area contributed by atoms with Crippen molar-refractivity contribution in [2.24, 2.45) is 28.2 Å². The molecule has 0 N–H and O–H groups in total. The molecule has 0 aliphatic heterocycles. The lowest BCUT2D eigenvalue weighted by Crippen LogP contribution is -2.30. The number of fused-ring (bicyclic) bond motifs is 3. The monoisotopic (exact) mass is 747 g/mol. The molecule has 6 aromatic carbocycles. The summed E-state index contributed by atoms with van der Waals surface area (Å²) in [5, 5.41) is 0. The van der Waals surface area contributed by atoms with Gasteiger partial charge in [0.2, 0.25) is 0 Å². The van der Waals surface area contributed by atoms with E-state index < -0.39 is 0 Å². The molecule has 0 saturated heterocycles. The summed E-state index contributed by atoms with van der Waals surface area (Å²) in [4.78, 5) is 10.0. The van der Waals surface area contributed by atoms with Gasteiger partial charge in [-0.2, -0.15) is 0 Å². The molecule has 9 rings (SSSR count). The number of benzene rings is 6. The van der Waals surface area contributed by atoms with E-state index in [4.69, 9.17) is 9.97 Å². The van der Waals surface area contributed by atoms with Crippen molar-refractivity contribution < 1.29 is 4.57 Å². The average molecular weight is 748 g/mol. The van der Waals surface area contributed by atoms with Crippen LogP contribution < -0.4 is 4.57 Å². The molecular weight excluding hydrogens is 697 g/mol. The molecule has 3 aromatic heterocycles. The van der Waals surface area contributed by atoms with Crippen molar-refractivity contribution in [2.45, 2.75) is 55.4 Å². The summed E-state index contributed by atoms with van der Waals surface area (Å²) in [6.45, 7) is 17.7. The molecular formula is C51H51N6+. The molecule has 0 unspecified atom stereocenters. The maximum absolute atomic E-state index is 5.26. The number of aryl methyl sites for hydroxylation is 10. The second-order valence-corrected chi connectivity index (χ2v) is 16.4. The van der Waals surface area contributed by atoms with Crippen molar-refractivity contribution in [1.82, 2.24) is 23.7 Å². The van der Waals surface area contributed by atoms with Crippen LogP contribution in [0.2, 0.25) is 0 Å². The molecule has 6 nitrogen and oxygen atoms in total. The van der Waals surface area contributed by atoms with Crippen LogP contribution in [0.4, 0.5) is 0 Å². The summed E-state index contributed by atoms with van der Waals surface area (Å²) in [5.41, 5.74) is 25.5. The molecule has 0 saturated carbocycles.